The number of halogens is 2. The monoisotopic (exact) mass is 383 g/mol. The van der Waals surface area contributed by atoms with Gasteiger partial charge in [0.25, 0.3) is 5.91 Å². The molecule has 2 N–H and O–H groups in total. The van der Waals surface area contributed by atoms with Gasteiger partial charge in [0.1, 0.15) is 6.10 Å². The van der Waals surface area contributed by atoms with E-state index in [-0.39, 0.29) is 42.9 Å². The zero-order valence-corrected chi connectivity index (χ0v) is 15.9. The molecule has 0 aliphatic carbocycles. The van der Waals surface area contributed by atoms with Crippen LogP contribution in [0.5, 0.6) is 0 Å². The SMILES string of the molecule is Cl.Cl.NC[C@H]1CC[C@@H](C(=O)N2CCC(CN3CCOCC3)CC2)O1. The van der Waals surface area contributed by atoms with Gasteiger partial charge in [0, 0.05) is 39.3 Å². The highest BCUT2D eigenvalue weighted by molar-refractivity contribution is 5.85. The second-order valence-corrected chi connectivity index (χ2v) is 6.74. The van der Waals surface area contributed by atoms with Crippen LogP contribution >= 0.6 is 24.8 Å². The minimum Gasteiger partial charge on any atom is -0.379 e. The van der Waals surface area contributed by atoms with Gasteiger partial charge in [-0.1, -0.05) is 0 Å². The molecule has 0 saturated carbocycles. The van der Waals surface area contributed by atoms with Gasteiger partial charge in [-0.15, -0.1) is 24.8 Å². The van der Waals surface area contributed by atoms with Crippen molar-refractivity contribution < 1.29 is 14.3 Å². The fraction of sp³-hybridized carbons (Fsp3) is 0.938. The first-order valence-electron chi connectivity index (χ1n) is 8.70. The van der Waals surface area contributed by atoms with Crippen molar-refractivity contribution in [2.24, 2.45) is 11.7 Å². The summed E-state index contributed by atoms with van der Waals surface area (Å²) in [6.45, 7) is 7.25. The average molecular weight is 384 g/mol. The van der Waals surface area contributed by atoms with Gasteiger partial charge in [-0.25, -0.2) is 0 Å². The van der Waals surface area contributed by atoms with Crippen molar-refractivity contribution in [3.63, 3.8) is 0 Å². The van der Waals surface area contributed by atoms with Crippen LogP contribution in [0.3, 0.4) is 0 Å². The van der Waals surface area contributed by atoms with Crippen LogP contribution in [0.1, 0.15) is 25.7 Å². The van der Waals surface area contributed by atoms with Crippen molar-refractivity contribution >= 4 is 30.7 Å². The van der Waals surface area contributed by atoms with E-state index in [4.69, 9.17) is 15.2 Å². The number of piperidine rings is 1. The quantitative estimate of drug-likeness (QED) is 0.781. The van der Waals surface area contributed by atoms with Gasteiger partial charge in [0.2, 0.25) is 0 Å². The van der Waals surface area contributed by atoms with E-state index in [1.54, 1.807) is 0 Å². The normalized spacial score (nSPS) is 29.0. The number of nitrogens with two attached hydrogens (primary N) is 1. The number of hydrogen-bond donors (Lipinski definition) is 1. The second kappa shape index (κ2) is 10.8. The molecule has 24 heavy (non-hydrogen) atoms. The maximum absolute atomic E-state index is 12.5. The highest BCUT2D eigenvalue weighted by Gasteiger charge is 2.34. The highest BCUT2D eigenvalue weighted by atomic mass is 35.5. The maximum atomic E-state index is 12.5. The lowest BCUT2D eigenvalue weighted by Crippen LogP contribution is -2.46. The van der Waals surface area contributed by atoms with Gasteiger partial charge in [-0.05, 0) is 31.6 Å². The Morgan fingerprint density at radius 2 is 1.67 bits per heavy atom. The molecule has 3 aliphatic heterocycles. The molecule has 0 aromatic carbocycles. The van der Waals surface area contributed by atoms with Crippen LogP contribution in [0.25, 0.3) is 0 Å². The number of ether oxygens (including phenoxy) is 2. The van der Waals surface area contributed by atoms with Crippen molar-refractivity contribution in [2.75, 3.05) is 52.5 Å². The lowest BCUT2D eigenvalue weighted by Gasteiger charge is -2.36. The van der Waals surface area contributed by atoms with E-state index in [2.05, 4.69) is 4.90 Å². The number of morpholine rings is 1. The van der Waals surface area contributed by atoms with Gasteiger partial charge in [-0.3, -0.25) is 9.69 Å². The van der Waals surface area contributed by atoms with Crippen LogP contribution in [0.15, 0.2) is 0 Å². The maximum Gasteiger partial charge on any atom is 0.251 e. The summed E-state index contributed by atoms with van der Waals surface area (Å²) < 4.78 is 11.1. The summed E-state index contributed by atoms with van der Waals surface area (Å²) >= 11 is 0. The molecule has 3 fully saturated rings. The Hall–Kier alpha value is -0.110. The first-order valence-corrected chi connectivity index (χ1v) is 8.70. The summed E-state index contributed by atoms with van der Waals surface area (Å²) in [6, 6.07) is 0. The molecule has 3 rings (SSSR count). The van der Waals surface area contributed by atoms with Crippen molar-refractivity contribution in [3.8, 4) is 0 Å². The molecule has 0 radical (unpaired) electrons. The molecule has 0 unspecified atom stereocenters. The third kappa shape index (κ3) is 5.71. The molecule has 6 nitrogen and oxygen atoms in total. The standard InChI is InChI=1S/C16H29N3O3.2ClH/c17-11-14-1-2-15(22-14)16(20)19-5-3-13(4-6-19)12-18-7-9-21-10-8-18;;/h13-15H,1-12,17H2;2*1H/t14-,15+;;/m1../s1. The van der Waals surface area contributed by atoms with Crippen LogP contribution < -0.4 is 5.73 Å². The Morgan fingerprint density at radius 1 is 1.00 bits per heavy atom. The topological polar surface area (TPSA) is 68.0 Å². The average Bonchev–Trinajstić information content (AvgIpc) is 3.05. The molecule has 3 heterocycles. The summed E-state index contributed by atoms with van der Waals surface area (Å²) in [5.74, 6) is 0.893. The molecular formula is C16H31Cl2N3O3. The van der Waals surface area contributed by atoms with E-state index in [1.165, 1.54) is 0 Å². The smallest absolute Gasteiger partial charge is 0.251 e. The molecule has 3 aliphatic rings. The number of carbonyl (C=O) groups is 1. The van der Waals surface area contributed by atoms with Crippen molar-refractivity contribution in [1.82, 2.24) is 9.80 Å². The largest absolute Gasteiger partial charge is 0.379 e. The summed E-state index contributed by atoms with van der Waals surface area (Å²) in [5, 5.41) is 0. The number of likely N-dealkylation sites (tertiary alicyclic amines) is 1. The summed E-state index contributed by atoms with van der Waals surface area (Å²) in [7, 11) is 0. The minimum atomic E-state index is -0.246. The predicted molar refractivity (Wildman–Crippen MR) is 98.0 cm³/mol. The van der Waals surface area contributed by atoms with E-state index in [1.807, 2.05) is 4.90 Å². The molecule has 142 valence electrons. The Bertz CT molecular complexity index is 376. The third-order valence-corrected chi connectivity index (χ3v) is 5.19. The van der Waals surface area contributed by atoms with Crippen LogP contribution in [-0.2, 0) is 14.3 Å². The lowest BCUT2D eigenvalue weighted by molar-refractivity contribution is -0.144. The molecular weight excluding hydrogens is 353 g/mol. The van der Waals surface area contributed by atoms with E-state index < -0.39 is 0 Å². The Labute approximate surface area is 157 Å². The molecule has 2 atom stereocenters. The van der Waals surface area contributed by atoms with Gasteiger partial charge in [0.05, 0.1) is 19.3 Å². The molecule has 3 saturated heterocycles. The molecule has 0 aromatic heterocycles. The fourth-order valence-corrected chi connectivity index (χ4v) is 3.75. The minimum absolute atomic E-state index is 0. The van der Waals surface area contributed by atoms with Gasteiger partial charge >= 0.3 is 0 Å². The molecule has 1 amide bonds. The molecule has 8 heteroatoms. The van der Waals surface area contributed by atoms with Crippen LogP contribution in [0.2, 0.25) is 0 Å². The zero-order valence-electron chi connectivity index (χ0n) is 14.2. The molecule has 0 aromatic rings. The van der Waals surface area contributed by atoms with Gasteiger partial charge in [-0.2, -0.15) is 0 Å². The predicted octanol–water partition coefficient (Wildman–Crippen LogP) is 0.907. The van der Waals surface area contributed by atoms with E-state index >= 15 is 0 Å². The molecule has 0 bridgehead atoms. The zero-order chi connectivity index (χ0) is 15.4. The van der Waals surface area contributed by atoms with Crippen LogP contribution in [0, 0.1) is 5.92 Å². The highest BCUT2D eigenvalue weighted by Crippen LogP contribution is 2.24. The number of nitrogens with zero attached hydrogens (tertiary/aromatic N) is 2. The summed E-state index contributed by atoms with van der Waals surface area (Å²) in [4.78, 5) is 17.0. The molecule has 0 spiro atoms. The summed E-state index contributed by atoms with van der Waals surface area (Å²) in [5.41, 5.74) is 5.62. The van der Waals surface area contributed by atoms with E-state index in [9.17, 15) is 4.79 Å². The van der Waals surface area contributed by atoms with Crippen LogP contribution in [0.4, 0.5) is 0 Å². The lowest BCUT2D eigenvalue weighted by atomic mass is 9.95. The van der Waals surface area contributed by atoms with E-state index in [0.29, 0.717) is 12.5 Å². The number of hydrogen-bond acceptors (Lipinski definition) is 5. The van der Waals surface area contributed by atoms with E-state index in [0.717, 1.165) is 71.6 Å². The van der Waals surface area contributed by atoms with Crippen molar-refractivity contribution in [2.45, 2.75) is 37.9 Å². The Morgan fingerprint density at radius 3 is 2.25 bits per heavy atom. The number of rotatable bonds is 4. The summed E-state index contributed by atoms with van der Waals surface area (Å²) in [6.07, 6.45) is 3.79. The third-order valence-electron chi connectivity index (χ3n) is 5.19. The first kappa shape index (κ1) is 21.9. The van der Waals surface area contributed by atoms with Crippen LogP contribution in [-0.4, -0.2) is 80.4 Å². The first-order chi connectivity index (χ1) is 10.8. The second-order valence-electron chi connectivity index (χ2n) is 6.74. The Kier molecular flexibility index (Phi) is 9.86. The van der Waals surface area contributed by atoms with Crippen molar-refractivity contribution in [3.05, 3.63) is 0 Å². The number of amides is 1. The van der Waals surface area contributed by atoms with Gasteiger partial charge in [0.15, 0.2) is 0 Å². The number of carbonyl (C=O) groups excluding carboxylic acids is 1. The van der Waals surface area contributed by atoms with Gasteiger partial charge < -0.3 is 20.1 Å². The fourth-order valence-electron chi connectivity index (χ4n) is 3.75. The van der Waals surface area contributed by atoms with Crippen molar-refractivity contribution in [1.29, 1.82) is 0 Å². The Balaban J connectivity index is 0.00000144.